The van der Waals surface area contributed by atoms with Gasteiger partial charge in [-0.2, -0.15) is 0 Å². The summed E-state index contributed by atoms with van der Waals surface area (Å²) in [5.41, 5.74) is 1.18. The van der Waals surface area contributed by atoms with Crippen LogP contribution in [0.25, 0.3) is 17.0 Å². The van der Waals surface area contributed by atoms with Crippen molar-refractivity contribution in [1.29, 1.82) is 0 Å². The first-order valence-corrected chi connectivity index (χ1v) is 5.39. The summed E-state index contributed by atoms with van der Waals surface area (Å²) in [6.07, 6.45) is 2.12. The van der Waals surface area contributed by atoms with Crippen molar-refractivity contribution in [3.05, 3.63) is 56.3 Å². The van der Waals surface area contributed by atoms with E-state index < -0.39 is 4.92 Å². The Morgan fingerprint density at radius 1 is 1.29 bits per heavy atom. The van der Waals surface area contributed by atoms with E-state index in [2.05, 4.69) is 4.98 Å². The molecule has 0 fully saturated rings. The van der Waals surface area contributed by atoms with Gasteiger partial charge in [-0.3, -0.25) is 10.1 Å². The molecule has 6 heteroatoms. The Morgan fingerprint density at radius 3 is 2.76 bits per heavy atom. The van der Waals surface area contributed by atoms with Crippen molar-refractivity contribution in [3.8, 4) is 0 Å². The van der Waals surface area contributed by atoms with Crippen LogP contribution in [0.15, 0.2) is 30.5 Å². The van der Waals surface area contributed by atoms with Crippen LogP contribution in [0.4, 0.5) is 0 Å². The number of hydrogen-bond donors (Lipinski definition) is 0. The van der Waals surface area contributed by atoms with Crippen molar-refractivity contribution in [2.75, 3.05) is 0 Å². The molecule has 0 unspecified atom stereocenters. The fraction of sp³-hybridized carbons (Fsp3) is 0. The molecule has 2 rings (SSSR count). The molecular weight excluding hydrogens is 263 g/mol. The van der Waals surface area contributed by atoms with Crippen molar-refractivity contribution < 1.29 is 4.92 Å². The zero-order valence-corrected chi connectivity index (χ0v) is 9.94. The first kappa shape index (κ1) is 11.8. The number of hydrogen-bond acceptors (Lipinski definition) is 3. The molecule has 0 aliphatic heterocycles. The van der Waals surface area contributed by atoms with Gasteiger partial charge in [0.1, 0.15) is 5.15 Å². The van der Waals surface area contributed by atoms with Gasteiger partial charge in [-0.05, 0) is 24.3 Å². The van der Waals surface area contributed by atoms with Crippen LogP contribution in [-0.4, -0.2) is 9.91 Å². The third-order valence-electron chi connectivity index (χ3n) is 2.13. The van der Waals surface area contributed by atoms with E-state index in [1.54, 1.807) is 24.3 Å². The molecule has 4 nitrogen and oxygen atoms in total. The molecule has 0 saturated heterocycles. The average Bonchev–Trinajstić information content (AvgIpc) is 2.26. The highest BCUT2D eigenvalue weighted by molar-refractivity contribution is 6.32. The van der Waals surface area contributed by atoms with Crippen molar-refractivity contribution in [2.45, 2.75) is 0 Å². The smallest absolute Gasteiger partial charge is 0.235 e. The van der Waals surface area contributed by atoms with Crippen LogP contribution in [0.5, 0.6) is 0 Å². The molecule has 1 heterocycles. The van der Waals surface area contributed by atoms with Crippen LogP contribution in [0.2, 0.25) is 10.2 Å². The predicted octanol–water partition coefficient (Wildman–Crippen LogP) is 3.79. The Kier molecular flexibility index (Phi) is 3.26. The molecule has 1 aromatic carbocycles. The Hall–Kier alpha value is -1.65. The highest BCUT2D eigenvalue weighted by Crippen LogP contribution is 2.24. The number of aromatic nitrogens is 1. The number of benzene rings is 1. The van der Waals surface area contributed by atoms with E-state index in [-0.39, 0.29) is 5.15 Å². The highest BCUT2D eigenvalue weighted by atomic mass is 35.5. The van der Waals surface area contributed by atoms with E-state index in [4.69, 9.17) is 23.2 Å². The first-order chi connectivity index (χ1) is 8.06. The minimum Gasteiger partial charge on any atom is -0.259 e. The monoisotopic (exact) mass is 268 g/mol. The fourth-order valence-corrected chi connectivity index (χ4v) is 1.79. The van der Waals surface area contributed by atoms with Crippen molar-refractivity contribution in [2.24, 2.45) is 0 Å². The molecule has 0 bridgehead atoms. The second kappa shape index (κ2) is 4.69. The second-order valence-electron chi connectivity index (χ2n) is 3.31. The van der Waals surface area contributed by atoms with E-state index in [1.807, 2.05) is 0 Å². The molecule has 0 aliphatic rings. The van der Waals surface area contributed by atoms with Crippen LogP contribution >= 0.6 is 23.2 Å². The lowest BCUT2D eigenvalue weighted by atomic mass is 10.1. The van der Waals surface area contributed by atoms with Crippen LogP contribution < -0.4 is 0 Å². The SMILES string of the molecule is O=[N+]([O-])/C=C/c1cc2cc(Cl)ccc2nc1Cl. The van der Waals surface area contributed by atoms with Gasteiger partial charge < -0.3 is 0 Å². The van der Waals surface area contributed by atoms with Gasteiger partial charge in [-0.25, -0.2) is 4.98 Å². The van der Waals surface area contributed by atoms with Crippen molar-refractivity contribution in [3.63, 3.8) is 0 Å². The van der Waals surface area contributed by atoms with Crippen LogP contribution in [-0.2, 0) is 0 Å². The Labute approximate surface area is 107 Å². The number of nitrogens with zero attached hydrogens (tertiary/aromatic N) is 2. The lowest BCUT2D eigenvalue weighted by molar-refractivity contribution is -0.400. The highest BCUT2D eigenvalue weighted by Gasteiger charge is 2.04. The molecule has 0 saturated carbocycles. The first-order valence-electron chi connectivity index (χ1n) is 4.64. The Bertz CT molecular complexity index is 626. The maximum absolute atomic E-state index is 10.2. The van der Waals surface area contributed by atoms with Gasteiger partial charge in [0.05, 0.1) is 10.4 Å². The summed E-state index contributed by atoms with van der Waals surface area (Å²) in [5, 5.41) is 11.8. The molecule has 0 radical (unpaired) electrons. The summed E-state index contributed by atoms with van der Waals surface area (Å²) in [7, 11) is 0. The Balaban J connectivity index is 2.57. The molecule has 1 aromatic heterocycles. The molecule has 17 heavy (non-hydrogen) atoms. The second-order valence-corrected chi connectivity index (χ2v) is 4.10. The molecular formula is C11H6Cl2N2O2. The van der Waals surface area contributed by atoms with Crippen LogP contribution in [0.3, 0.4) is 0 Å². The standard InChI is InChI=1S/C11H6Cl2N2O2/c12-9-1-2-10-8(6-9)5-7(11(13)14-10)3-4-15(16)17/h1-6H/b4-3+. The summed E-state index contributed by atoms with van der Waals surface area (Å²) in [5.74, 6) is 0. The van der Waals surface area contributed by atoms with Crippen molar-refractivity contribution >= 4 is 40.2 Å². The molecule has 86 valence electrons. The predicted molar refractivity (Wildman–Crippen MR) is 67.8 cm³/mol. The minimum atomic E-state index is -0.557. The maximum atomic E-state index is 10.2. The zero-order valence-electron chi connectivity index (χ0n) is 8.43. The largest absolute Gasteiger partial charge is 0.259 e. The quantitative estimate of drug-likeness (QED) is 0.473. The van der Waals surface area contributed by atoms with Crippen LogP contribution in [0, 0.1) is 10.1 Å². The molecule has 0 amide bonds. The van der Waals surface area contributed by atoms with Crippen LogP contribution in [0.1, 0.15) is 5.56 Å². The summed E-state index contributed by atoms with van der Waals surface area (Å²) < 4.78 is 0. The number of nitro groups is 1. The summed E-state index contributed by atoms with van der Waals surface area (Å²) in [6.45, 7) is 0. The normalized spacial score (nSPS) is 11.2. The van der Waals surface area contributed by atoms with Gasteiger partial charge in [0, 0.05) is 22.0 Å². The topological polar surface area (TPSA) is 56.0 Å². The third kappa shape index (κ3) is 2.72. The van der Waals surface area contributed by atoms with E-state index in [9.17, 15) is 10.1 Å². The molecule has 0 atom stereocenters. The lowest BCUT2D eigenvalue weighted by Crippen LogP contribution is -1.87. The Morgan fingerprint density at radius 2 is 2.06 bits per heavy atom. The van der Waals surface area contributed by atoms with Gasteiger partial charge >= 0.3 is 0 Å². The van der Waals surface area contributed by atoms with Crippen molar-refractivity contribution in [1.82, 2.24) is 4.98 Å². The molecule has 0 N–H and O–H groups in total. The molecule has 0 aliphatic carbocycles. The zero-order chi connectivity index (χ0) is 12.4. The van der Waals surface area contributed by atoms with E-state index in [0.717, 1.165) is 11.6 Å². The number of fused-ring (bicyclic) bond motifs is 1. The number of pyridine rings is 1. The maximum Gasteiger partial charge on any atom is 0.235 e. The summed E-state index contributed by atoms with van der Waals surface area (Å²) in [4.78, 5) is 13.8. The lowest BCUT2D eigenvalue weighted by Gasteiger charge is -2.01. The molecule has 0 spiro atoms. The molecule has 2 aromatic rings. The number of rotatable bonds is 2. The van der Waals surface area contributed by atoms with Gasteiger partial charge in [0.25, 0.3) is 0 Å². The van der Waals surface area contributed by atoms with E-state index >= 15 is 0 Å². The van der Waals surface area contributed by atoms with E-state index in [1.165, 1.54) is 6.08 Å². The fourth-order valence-electron chi connectivity index (χ4n) is 1.40. The minimum absolute atomic E-state index is 0.220. The third-order valence-corrected chi connectivity index (χ3v) is 2.67. The van der Waals surface area contributed by atoms with Gasteiger partial charge in [0.15, 0.2) is 0 Å². The average molecular weight is 269 g/mol. The van der Waals surface area contributed by atoms with Gasteiger partial charge in [0.2, 0.25) is 6.20 Å². The number of halogens is 2. The summed E-state index contributed by atoms with van der Waals surface area (Å²) in [6, 6.07) is 6.88. The van der Waals surface area contributed by atoms with Gasteiger partial charge in [-0.1, -0.05) is 23.2 Å². The van der Waals surface area contributed by atoms with E-state index in [0.29, 0.717) is 16.1 Å². The summed E-state index contributed by atoms with van der Waals surface area (Å²) >= 11 is 11.8. The van der Waals surface area contributed by atoms with Gasteiger partial charge in [-0.15, -0.1) is 0 Å².